The van der Waals surface area contributed by atoms with Crippen LogP contribution >= 0.6 is 12.4 Å². The Morgan fingerprint density at radius 3 is 2.35 bits per heavy atom. The third-order valence-electron chi connectivity index (χ3n) is 4.59. The van der Waals surface area contributed by atoms with Crippen LogP contribution in [0.2, 0.25) is 0 Å². The summed E-state index contributed by atoms with van der Waals surface area (Å²) < 4.78 is 23.2. The highest BCUT2D eigenvalue weighted by Crippen LogP contribution is 2.32. The van der Waals surface area contributed by atoms with E-state index in [0.717, 1.165) is 19.3 Å². The molecule has 0 saturated heterocycles. The number of nitrogens with two attached hydrogens (primary N) is 1. The zero-order valence-electron chi connectivity index (χ0n) is 12.7. The van der Waals surface area contributed by atoms with Gasteiger partial charge in [-0.2, -0.15) is 0 Å². The van der Waals surface area contributed by atoms with Gasteiger partial charge in [0.25, 0.3) is 0 Å². The Kier molecular flexibility index (Phi) is 7.49. The highest BCUT2D eigenvalue weighted by atomic mass is 35.5. The molecule has 1 aliphatic rings. The molecule has 1 fully saturated rings. The summed E-state index contributed by atoms with van der Waals surface area (Å²) in [5.74, 6) is 0.246. The zero-order chi connectivity index (χ0) is 14.8. The summed E-state index contributed by atoms with van der Waals surface area (Å²) in [6.45, 7) is 3.97. The van der Waals surface area contributed by atoms with E-state index in [1.165, 1.54) is 6.26 Å². The second-order valence-corrected chi connectivity index (χ2v) is 8.16. The maximum absolute atomic E-state index is 12.5. The molecule has 0 radical (unpaired) electrons. The van der Waals surface area contributed by atoms with Crippen molar-refractivity contribution in [3.8, 4) is 0 Å². The molecular formula is C13H27ClN2O3S. The van der Waals surface area contributed by atoms with E-state index in [0.29, 0.717) is 6.54 Å². The summed E-state index contributed by atoms with van der Waals surface area (Å²) >= 11 is 0. The van der Waals surface area contributed by atoms with Gasteiger partial charge >= 0.3 is 0 Å². The average Bonchev–Trinajstić information content (AvgIpc) is 2.82. The Morgan fingerprint density at radius 1 is 1.35 bits per heavy atom. The molecule has 120 valence electrons. The molecule has 5 nitrogen and oxygen atoms in total. The summed E-state index contributed by atoms with van der Waals surface area (Å²) in [5.41, 5.74) is 5.70. The number of rotatable bonds is 5. The fourth-order valence-electron chi connectivity index (χ4n) is 2.78. The molecule has 0 aromatic rings. The molecule has 0 spiro atoms. The summed E-state index contributed by atoms with van der Waals surface area (Å²) in [4.78, 5) is 14.1. The Balaban J connectivity index is 0.00000361. The van der Waals surface area contributed by atoms with Gasteiger partial charge in [0, 0.05) is 25.3 Å². The summed E-state index contributed by atoms with van der Waals surface area (Å²) in [7, 11) is -1.45. The lowest BCUT2D eigenvalue weighted by Crippen LogP contribution is -2.47. The normalized spacial score (nSPS) is 25.6. The van der Waals surface area contributed by atoms with Crippen molar-refractivity contribution >= 4 is 28.2 Å². The van der Waals surface area contributed by atoms with Crippen molar-refractivity contribution in [2.45, 2.75) is 44.4 Å². The van der Waals surface area contributed by atoms with E-state index in [9.17, 15) is 13.2 Å². The Morgan fingerprint density at radius 2 is 1.90 bits per heavy atom. The molecule has 4 atom stereocenters. The molecule has 1 aliphatic carbocycles. The molecule has 1 amide bonds. The van der Waals surface area contributed by atoms with E-state index in [-0.39, 0.29) is 36.2 Å². The Hall–Kier alpha value is -0.330. The van der Waals surface area contributed by atoms with Crippen molar-refractivity contribution in [2.75, 3.05) is 19.8 Å². The predicted octanol–water partition coefficient (Wildman–Crippen LogP) is 1.06. The molecule has 0 bridgehead atoms. The minimum absolute atomic E-state index is 0. The molecule has 0 heterocycles. The molecule has 0 aromatic carbocycles. The lowest BCUT2D eigenvalue weighted by atomic mass is 9.94. The van der Waals surface area contributed by atoms with E-state index in [2.05, 4.69) is 0 Å². The van der Waals surface area contributed by atoms with Crippen LogP contribution in [0.5, 0.6) is 0 Å². The maximum Gasteiger partial charge on any atom is 0.226 e. The van der Waals surface area contributed by atoms with Crippen LogP contribution in [0.3, 0.4) is 0 Å². The van der Waals surface area contributed by atoms with E-state index in [1.807, 2.05) is 0 Å². The van der Waals surface area contributed by atoms with Crippen molar-refractivity contribution in [1.29, 1.82) is 0 Å². The van der Waals surface area contributed by atoms with Crippen LogP contribution in [0.4, 0.5) is 0 Å². The molecule has 2 N–H and O–H groups in total. The molecule has 0 aromatic heterocycles. The van der Waals surface area contributed by atoms with Gasteiger partial charge in [-0.05, 0) is 39.2 Å². The highest BCUT2D eigenvalue weighted by Gasteiger charge is 2.37. The first-order valence-corrected chi connectivity index (χ1v) is 8.81. The topological polar surface area (TPSA) is 80.5 Å². The highest BCUT2D eigenvalue weighted by molar-refractivity contribution is 7.91. The SMILES string of the molecule is CC(C(C)S(C)(=O)=O)N(C)C(=O)[C@@H]1CCC[C@@H]1CN.Cl. The number of amides is 1. The van der Waals surface area contributed by atoms with Gasteiger partial charge in [0.15, 0.2) is 9.84 Å². The molecule has 20 heavy (non-hydrogen) atoms. The molecule has 1 saturated carbocycles. The van der Waals surface area contributed by atoms with Gasteiger partial charge < -0.3 is 10.6 Å². The van der Waals surface area contributed by atoms with E-state index >= 15 is 0 Å². The van der Waals surface area contributed by atoms with Crippen LogP contribution in [0.1, 0.15) is 33.1 Å². The van der Waals surface area contributed by atoms with Crippen molar-refractivity contribution in [3.63, 3.8) is 0 Å². The third-order valence-corrected chi connectivity index (χ3v) is 6.34. The van der Waals surface area contributed by atoms with Crippen LogP contribution in [0, 0.1) is 11.8 Å². The first-order valence-electron chi connectivity index (χ1n) is 6.85. The van der Waals surface area contributed by atoms with Crippen LogP contribution in [0.25, 0.3) is 0 Å². The minimum Gasteiger partial charge on any atom is -0.342 e. The monoisotopic (exact) mass is 326 g/mol. The molecule has 7 heteroatoms. The lowest BCUT2D eigenvalue weighted by molar-refractivity contribution is -0.137. The molecule has 2 unspecified atom stereocenters. The largest absolute Gasteiger partial charge is 0.342 e. The predicted molar refractivity (Wildman–Crippen MR) is 83.7 cm³/mol. The zero-order valence-corrected chi connectivity index (χ0v) is 14.3. The standard InChI is InChI=1S/C13H26N2O3S.ClH/c1-9(10(2)19(4,17)18)15(3)13(16)12-7-5-6-11(12)8-14;/h9-12H,5-8,14H2,1-4H3;1H/t9?,10?,11-,12-;/m1./s1. The second kappa shape index (κ2) is 7.61. The average molecular weight is 327 g/mol. The fourth-order valence-corrected chi connectivity index (χ4v) is 3.68. The summed E-state index contributed by atoms with van der Waals surface area (Å²) in [6, 6.07) is -0.318. The molecule has 1 rings (SSSR count). The quantitative estimate of drug-likeness (QED) is 0.819. The maximum atomic E-state index is 12.5. The number of hydrogen-bond acceptors (Lipinski definition) is 4. The second-order valence-electron chi connectivity index (χ2n) is 5.76. The van der Waals surface area contributed by atoms with Crippen LogP contribution in [-0.4, -0.2) is 50.4 Å². The number of hydrogen-bond donors (Lipinski definition) is 1. The van der Waals surface area contributed by atoms with Crippen molar-refractivity contribution < 1.29 is 13.2 Å². The first-order chi connectivity index (χ1) is 8.70. The van der Waals surface area contributed by atoms with Gasteiger partial charge in [0.2, 0.25) is 5.91 Å². The number of carbonyl (C=O) groups is 1. The van der Waals surface area contributed by atoms with Crippen LogP contribution in [-0.2, 0) is 14.6 Å². The van der Waals surface area contributed by atoms with Gasteiger partial charge in [0.05, 0.1) is 5.25 Å². The molecule has 0 aliphatic heterocycles. The van der Waals surface area contributed by atoms with Gasteiger partial charge in [-0.1, -0.05) is 6.42 Å². The summed E-state index contributed by atoms with van der Waals surface area (Å²) in [5, 5.41) is -0.556. The van der Waals surface area contributed by atoms with Crippen molar-refractivity contribution in [1.82, 2.24) is 4.90 Å². The smallest absolute Gasteiger partial charge is 0.226 e. The van der Waals surface area contributed by atoms with Gasteiger partial charge in [0.1, 0.15) is 0 Å². The van der Waals surface area contributed by atoms with Gasteiger partial charge in [-0.25, -0.2) is 8.42 Å². The van der Waals surface area contributed by atoms with Crippen LogP contribution < -0.4 is 5.73 Å². The lowest BCUT2D eigenvalue weighted by Gasteiger charge is -2.32. The van der Waals surface area contributed by atoms with Crippen LogP contribution in [0.15, 0.2) is 0 Å². The fraction of sp³-hybridized carbons (Fsp3) is 0.923. The number of nitrogens with zero attached hydrogens (tertiary/aromatic N) is 1. The van der Waals surface area contributed by atoms with E-state index < -0.39 is 15.1 Å². The summed E-state index contributed by atoms with van der Waals surface area (Å²) in [6.07, 6.45) is 4.11. The van der Waals surface area contributed by atoms with Crippen molar-refractivity contribution in [3.05, 3.63) is 0 Å². The Bertz CT molecular complexity index is 427. The number of halogens is 1. The molecular weight excluding hydrogens is 300 g/mol. The first kappa shape index (κ1) is 19.7. The van der Waals surface area contributed by atoms with Crippen molar-refractivity contribution in [2.24, 2.45) is 17.6 Å². The van der Waals surface area contributed by atoms with E-state index in [4.69, 9.17) is 5.73 Å². The Labute approximate surface area is 128 Å². The third kappa shape index (κ3) is 4.33. The van der Waals surface area contributed by atoms with Gasteiger partial charge in [-0.15, -0.1) is 12.4 Å². The van der Waals surface area contributed by atoms with E-state index in [1.54, 1.807) is 25.8 Å². The minimum atomic E-state index is -3.14. The van der Waals surface area contributed by atoms with Gasteiger partial charge in [-0.3, -0.25) is 4.79 Å². The number of carbonyl (C=O) groups excluding carboxylic acids is 1. The number of sulfone groups is 1.